The summed E-state index contributed by atoms with van der Waals surface area (Å²) in [6.45, 7) is 7.56. The second kappa shape index (κ2) is 8.19. The van der Waals surface area contributed by atoms with Crippen LogP contribution in [0.5, 0.6) is 5.75 Å². The lowest BCUT2D eigenvalue weighted by Crippen LogP contribution is -2.06. The number of nitrogens with zero attached hydrogens (tertiary/aromatic N) is 3. The van der Waals surface area contributed by atoms with Gasteiger partial charge >= 0.3 is 0 Å². The number of aliphatic hydroxyl groups excluding tert-OH is 1. The number of rotatable bonds is 8. The minimum atomic E-state index is -0.0768. The lowest BCUT2D eigenvalue weighted by molar-refractivity contribution is 0.263. The maximum Gasteiger partial charge on any atom is 0.191 e. The number of thioether (sulfide) groups is 1. The first kappa shape index (κ1) is 16.8. The van der Waals surface area contributed by atoms with Crippen molar-refractivity contribution in [3.8, 4) is 5.75 Å². The van der Waals surface area contributed by atoms with E-state index in [2.05, 4.69) is 42.2 Å². The number of hydrogen-bond acceptors (Lipinski definition) is 5. The van der Waals surface area contributed by atoms with Crippen molar-refractivity contribution in [3.63, 3.8) is 0 Å². The predicted molar refractivity (Wildman–Crippen MR) is 88.4 cm³/mol. The van der Waals surface area contributed by atoms with Gasteiger partial charge in [-0.2, -0.15) is 0 Å². The van der Waals surface area contributed by atoms with Crippen molar-refractivity contribution in [2.45, 2.75) is 45.5 Å². The van der Waals surface area contributed by atoms with Gasteiger partial charge in [-0.15, -0.1) is 10.2 Å². The normalized spacial score (nSPS) is 10.9. The van der Waals surface area contributed by atoms with Gasteiger partial charge in [-0.25, -0.2) is 0 Å². The van der Waals surface area contributed by atoms with Crippen molar-refractivity contribution in [1.29, 1.82) is 0 Å². The Morgan fingerprint density at radius 1 is 1.27 bits per heavy atom. The van der Waals surface area contributed by atoms with Crippen LogP contribution in [0.1, 0.15) is 30.3 Å². The fourth-order valence-electron chi connectivity index (χ4n) is 2.14. The Morgan fingerprint density at radius 3 is 2.82 bits per heavy atom. The molecule has 22 heavy (non-hydrogen) atoms. The third kappa shape index (κ3) is 4.24. The molecule has 0 aliphatic rings. The van der Waals surface area contributed by atoms with Crippen LogP contribution in [-0.4, -0.2) is 32.2 Å². The van der Waals surface area contributed by atoms with E-state index < -0.39 is 0 Å². The van der Waals surface area contributed by atoms with Crippen molar-refractivity contribution >= 4 is 11.8 Å². The van der Waals surface area contributed by atoms with Crippen molar-refractivity contribution in [3.05, 3.63) is 35.2 Å². The van der Waals surface area contributed by atoms with Gasteiger partial charge in [0.05, 0.1) is 6.61 Å². The van der Waals surface area contributed by atoms with Crippen molar-refractivity contribution in [1.82, 2.24) is 14.8 Å². The molecule has 0 radical (unpaired) electrons. The summed E-state index contributed by atoms with van der Waals surface area (Å²) in [5.74, 6) is 2.35. The zero-order valence-corrected chi connectivity index (χ0v) is 14.2. The van der Waals surface area contributed by atoms with E-state index in [1.165, 1.54) is 5.56 Å². The highest BCUT2D eigenvalue weighted by atomic mass is 32.2. The van der Waals surface area contributed by atoms with Crippen molar-refractivity contribution in [2.75, 3.05) is 12.4 Å². The molecule has 6 heteroatoms. The monoisotopic (exact) mass is 321 g/mol. The first-order valence-electron chi connectivity index (χ1n) is 7.51. The number of benzene rings is 1. The quantitative estimate of drug-likeness (QED) is 0.598. The minimum absolute atomic E-state index is 0.0768. The Labute approximate surface area is 135 Å². The molecule has 0 spiro atoms. The highest BCUT2D eigenvalue weighted by molar-refractivity contribution is 7.99. The fraction of sp³-hybridized carbons (Fsp3) is 0.500. The van der Waals surface area contributed by atoms with Gasteiger partial charge in [-0.1, -0.05) is 30.8 Å². The molecule has 0 saturated heterocycles. The molecule has 0 unspecified atom stereocenters. The van der Waals surface area contributed by atoms with E-state index in [0.717, 1.165) is 35.2 Å². The Bertz CT molecular complexity index is 613. The Morgan fingerprint density at radius 2 is 2.09 bits per heavy atom. The van der Waals surface area contributed by atoms with E-state index in [1.54, 1.807) is 11.8 Å². The van der Waals surface area contributed by atoms with E-state index in [-0.39, 0.29) is 6.61 Å². The topological polar surface area (TPSA) is 60.2 Å². The predicted octanol–water partition coefficient (Wildman–Crippen LogP) is 2.97. The molecule has 0 atom stereocenters. The molecular formula is C16H23N3O2S. The largest absolute Gasteiger partial charge is 0.492 e. The summed E-state index contributed by atoms with van der Waals surface area (Å²) < 4.78 is 7.82. The molecule has 0 fully saturated rings. The summed E-state index contributed by atoms with van der Waals surface area (Å²) >= 11 is 1.61. The highest BCUT2D eigenvalue weighted by Crippen LogP contribution is 2.21. The first-order valence-corrected chi connectivity index (χ1v) is 8.50. The van der Waals surface area contributed by atoms with Gasteiger partial charge in [0.15, 0.2) is 11.0 Å². The summed E-state index contributed by atoms with van der Waals surface area (Å²) in [6.07, 6.45) is 0.984. The van der Waals surface area contributed by atoms with Gasteiger partial charge < -0.3 is 14.4 Å². The van der Waals surface area contributed by atoms with E-state index in [0.29, 0.717) is 12.4 Å². The molecule has 1 aromatic heterocycles. The SMILES string of the molecule is CCCn1c(CO)nnc1SCCOc1cc(C)ccc1C. The van der Waals surface area contributed by atoms with Crippen LogP contribution < -0.4 is 4.74 Å². The van der Waals surface area contributed by atoms with E-state index in [9.17, 15) is 5.11 Å². The lowest BCUT2D eigenvalue weighted by atomic mass is 10.1. The van der Waals surface area contributed by atoms with Crippen LogP contribution in [0.15, 0.2) is 23.4 Å². The number of ether oxygens (including phenoxy) is 1. The van der Waals surface area contributed by atoms with Crippen LogP contribution >= 0.6 is 11.8 Å². The van der Waals surface area contributed by atoms with Crippen LogP contribution in [0.25, 0.3) is 0 Å². The van der Waals surface area contributed by atoms with Gasteiger partial charge in [0.2, 0.25) is 0 Å². The van der Waals surface area contributed by atoms with Gasteiger partial charge in [0, 0.05) is 12.3 Å². The van der Waals surface area contributed by atoms with Crippen molar-refractivity contribution < 1.29 is 9.84 Å². The summed E-state index contributed by atoms with van der Waals surface area (Å²) in [4.78, 5) is 0. The zero-order valence-electron chi connectivity index (χ0n) is 13.4. The molecule has 2 aromatic rings. The molecule has 5 nitrogen and oxygen atoms in total. The summed E-state index contributed by atoms with van der Waals surface area (Å²) in [7, 11) is 0. The molecule has 0 bridgehead atoms. The second-order valence-corrected chi connectivity index (χ2v) is 6.24. The summed E-state index contributed by atoms with van der Waals surface area (Å²) in [5.41, 5.74) is 2.34. The summed E-state index contributed by atoms with van der Waals surface area (Å²) in [6, 6.07) is 6.22. The highest BCUT2D eigenvalue weighted by Gasteiger charge is 2.11. The molecule has 0 amide bonds. The minimum Gasteiger partial charge on any atom is -0.492 e. The second-order valence-electron chi connectivity index (χ2n) is 5.17. The fourth-order valence-corrected chi connectivity index (χ4v) is 2.94. The number of aromatic nitrogens is 3. The lowest BCUT2D eigenvalue weighted by Gasteiger charge is -2.10. The maximum absolute atomic E-state index is 9.28. The Balaban J connectivity index is 1.89. The van der Waals surface area contributed by atoms with Gasteiger partial charge in [-0.3, -0.25) is 0 Å². The third-order valence-electron chi connectivity index (χ3n) is 3.30. The van der Waals surface area contributed by atoms with Gasteiger partial charge in [0.25, 0.3) is 0 Å². The number of aliphatic hydroxyl groups is 1. The molecule has 1 N–H and O–H groups in total. The number of hydrogen-bond donors (Lipinski definition) is 1. The smallest absolute Gasteiger partial charge is 0.191 e. The van der Waals surface area contributed by atoms with Crippen LogP contribution in [0.2, 0.25) is 0 Å². The van der Waals surface area contributed by atoms with E-state index in [1.807, 2.05) is 11.5 Å². The average molecular weight is 321 g/mol. The molecule has 120 valence electrons. The molecule has 0 aliphatic carbocycles. The Hall–Kier alpha value is -1.53. The van der Waals surface area contributed by atoms with E-state index >= 15 is 0 Å². The Kier molecular flexibility index (Phi) is 6.27. The third-order valence-corrected chi connectivity index (χ3v) is 4.23. The molecule has 1 aromatic carbocycles. The molecule has 1 heterocycles. The van der Waals surface area contributed by atoms with Crippen LogP contribution in [0.4, 0.5) is 0 Å². The van der Waals surface area contributed by atoms with E-state index in [4.69, 9.17) is 4.74 Å². The standard InChI is InChI=1S/C16H23N3O2S/c1-4-7-19-15(11-20)17-18-16(19)22-9-8-21-14-10-12(2)5-6-13(14)3/h5-6,10,20H,4,7-9,11H2,1-3H3. The number of aryl methyl sites for hydroxylation is 2. The molecular weight excluding hydrogens is 298 g/mol. The van der Waals surface area contributed by atoms with Gasteiger partial charge in [-0.05, 0) is 37.5 Å². The zero-order chi connectivity index (χ0) is 15.9. The molecule has 0 saturated carbocycles. The van der Waals surface area contributed by atoms with Crippen molar-refractivity contribution in [2.24, 2.45) is 0 Å². The maximum atomic E-state index is 9.28. The van der Waals surface area contributed by atoms with Crippen LogP contribution in [0.3, 0.4) is 0 Å². The summed E-state index contributed by atoms with van der Waals surface area (Å²) in [5, 5.41) is 18.3. The first-order chi connectivity index (χ1) is 10.7. The van der Waals surface area contributed by atoms with Crippen LogP contribution in [0, 0.1) is 13.8 Å². The van der Waals surface area contributed by atoms with Crippen LogP contribution in [-0.2, 0) is 13.2 Å². The van der Waals surface area contributed by atoms with Gasteiger partial charge in [0.1, 0.15) is 12.4 Å². The molecule has 2 rings (SSSR count). The molecule has 0 aliphatic heterocycles. The average Bonchev–Trinajstić information content (AvgIpc) is 2.89.